The maximum Gasteiger partial charge on any atom is 0.323 e. The van der Waals surface area contributed by atoms with Crippen molar-refractivity contribution in [1.29, 1.82) is 0 Å². The highest BCUT2D eigenvalue weighted by molar-refractivity contribution is 5.78. The molecule has 0 aliphatic heterocycles. The Hall–Kier alpha value is -0.610. The van der Waals surface area contributed by atoms with Crippen molar-refractivity contribution < 1.29 is 9.90 Å². The van der Waals surface area contributed by atoms with Crippen molar-refractivity contribution >= 4 is 5.97 Å². The third-order valence-electron chi connectivity index (χ3n) is 4.24. The van der Waals surface area contributed by atoms with Gasteiger partial charge in [0.2, 0.25) is 0 Å². The first-order chi connectivity index (χ1) is 9.32. The van der Waals surface area contributed by atoms with E-state index in [4.69, 9.17) is 0 Å². The first-order valence-electron chi connectivity index (χ1n) is 8.06. The standard InChI is InChI=1S/C16H34N2O2/c1-7-10-11-18(13(4)8-2)14(5)12-16(6,15(19)20)17-9-3/h13-14,17H,7-12H2,1-6H3,(H,19,20). The van der Waals surface area contributed by atoms with Crippen molar-refractivity contribution in [3.63, 3.8) is 0 Å². The Labute approximate surface area is 124 Å². The molecule has 0 heterocycles. The van der Waals surface area contributed by atoms with Crippen LogP contribution >= 0.6 is 0 Å². The smallest absolute Gasteiger partial charge is 0.323 e. The number of nitrogens with zero attached hydrogens (tertiary/aromatic N) is 1. The molecule has 3 unspecified atom stereocenters. The molecule has 0 spiro atoms. The molecule has 0 aromatic heterocycles. The predicted octanol–water partition coefficient (Wildman–Crippen LogP) is 3.12. The van der Waals surface area contributed by atoms with Gasteiger partial charge in [-0.1, -0.05) is 27.2 Å². The molecular weight excluding hydrogens is 252 g/mol. The van der Waals surface area contributed by atoms with Gasteiger partial charge >= 0.3 is 5.97 Å². The Morgan fingerprint density at radius 2 is 1.85 bits per heavy atom. The van der Waals surface area contributed by atoms with E-state index in [1.165, 1.54) is 12.8 Å². The first kappa shape index (κ1) is 19.4. The monoisotopic (exact) mass is 286 g/mol. The largest absolute Gasteiger partial charge is 0.480 e. The summed E-state index contributed by atoms with van der Waals surface area (Å²) >= 11 is 0. The number of hydrogen-bond acceptors (Lipinski definition) is 3. The molecule has 2 N–H and O–H groups in total. The van der Waals surface area contributed by atoms with E-state index < -0.39 is 11.5 Å². The van der Waals surface area contributed by atoms with Gasteiger partial charge in [-0.2, -0.15) is 0 Å². The van der Waals surface area contributed by atoms with E-state index in [0.29, 0.717) is 19.0 Å². The van der Waals surface area contributed by atoms with Crippen LogP contribution in [0.3, 0.4) is 0 Å². The van der Waals surface area contributed by atoms with Crippen LogP contribution in [0, 0.1) is 0 Å². The van der Waals surface area contributed by atoms with Crippen molar-refractivity contribution in [2.24, 2.45) is 0 Å². The summed E-state index contributed by atoms with van der Waals surface area (Å²) in [5, 5.41) is 12.6. The lowest BCUT2D eigenvalue weighted by Gasteiger charge is -2.38. The average molecular weight is 286 g/mol. The van der Waals surface area contributed by atoms with Crippen molar-refractivity contribution in [3.8, 4) is 0 Å². The molecule has 0 saturated heterocycles. The highest BCUT2D eigenvalue weighted by Gasteiger charge is 2.35. The molecule has 0 aromatic carbocycles. The number of aliphatic carboxylic acids is 1. The number of likely N-dealkylation sites (N-methyl/N-ethyl adjacent to an activating group) is 1. The second-order valence-electron chi connectivity index (χ2n) is 6.07. The second-order valence-corrected chi connectivity index (χ2v) is 6.07. The average Bonchev–Trinajstić information content (AvgIpc) is 2.38. The normalized spacial score (nSPS) is 17.8. The van der Waals surface area contributed by atoms with Gasteiger partial charge in [0.15, 0.2) is 0 Å². The molecule has 0 aliphatic rings. The lowest BCUT2D eigenvalue weighted by molar-refractivity contribution is -0.145. The van der Waals surface area contributed by atoms with Gasteiger partial charge in [0.1, 0.15) is 5.54 Å². The van der Waals surface area contributed by atoms with Crippen LogP contribution in [0.4, 0.5) is 0 Å². The van der Waals surface area contributed by atoms with Crippen LogP contribution in [0.2, 0.25) is 0 Å². The van der Waals surface area contributed by atoms with Crippen molar-refractivity contribution in [3.05, 3.63) is 0 Å². The number of carbonyl (C=O) groups is 1. The molecule has 0 fully saturated rings. The summed E-state index contributed by atoms with van der Waals surface area (Å²) in [5.41, 5.74) is -0.841. The lowest BCUT2D eigenvalue weighted by Crippen LogP contribution is -2.54. The van der Waals surface area contributed by atoms with E-state index in [2.05, 4.69) is 37.9 Å². The zero-order chi connectivity index (χ0) is 15.8. The molecule has 20 heavy (non-hydrogen) atoms. The third-order valence-corrected chi connectivity index (χ3v) is 4.24. The summed E-state index contributed by atoms with van der Waals surface area (Å²) in [6, 6.07) is 0.757. The summed E-state index contributed by atoms with van der Waals surface area (Å²) in [6.07, 6.45) is 4.06. The zero-order valence-electron chi connectivity index (χ0n) is 14.2. The minimum Gasteiger partial charge on any atom is -0.480 e. The highest BCUT2D eigenvalue weighted by atomic mass is 16.4. The Bertz CT molecular complexity index is 284. The molecular formula is C16H34N2O2. The number of unbranched alkanes of at least 4 members (excludes halogenated alkanes) is 1. The molecule has 3 atom stereocenters. The summed E-state index contributed by atoms with van der Waals surface area (Å²) in [4.78, 5) is 14.0. The fourth-order valence-corrected chi connectivity index (χ4v) is 2.78. The van der Waals surface area contributed by atoms with Gasteiger partial charge in [-0.05, 0) is 53.1 Å². The van der Waals surface area contributed by atoms with E-state index in [1.807, 2.05) is 6.92 Å². The molecule has 4 nitrogen and oxygen atoms in total. The van der Waals surface area contributed by atoms with Crippen LogP contribution in [0.15, 0.2) is 0 Å². The topological polar surface area (TPSA) is 52.6 Å². The quantitative estimate of drug-likeness (QED) is 0.613. The van der Waals surface area contributed by atoms with E-state index in [1.54, 1.807) is 6.92 Å². The van der Waals surface area contributed by atoms with Crippen molar-refractivity contribution in [2.45, 2.75) is 84.8 Å². The van der Waals surface area contributed by atoms with Crippen LogP contribution in [0.1, 0.15) is 67.2 Å². The highest BCUT2D eigenvalue weighted by Crippen LogP contribution is 2.20. The Morgan fingerprint density at radius 3 is 2.25 bits per heavy atom. The Kier molecular flexibility index (Phi) is 9.06. The van der Waals surface area contributed by atoms with Gasteiger partial charge in [0, 0.05) is 12.1 Å². The minimum atomic E-state index is -0.841. The Balaban J connectivity index is 4.86. The van der Waals surface area contributed by atoms with Crippen LogP contribution in [-0.2, 0) is 4.79 Å². The van der Waals surface area contributed by atoms with Gasteiger partial charge in [-0.25, -0.2) is 0 Å². The van der Waals surface area contributed by atoms with Crippen LogP contribution in [0.25, 0.3) is 0 Å². The van der Waals surface area contributed by atoms with Gasteiger partial charge in [0.05, 0.1) is 0 Å². The van der Waals surface area contributed by atoms with E-state index in [9.17, 15) is 9.90 Å². The van der Waals surface area contributed by atoms with Gasteiger partial charge in [-0.3, -0.25) is 9.69 Å². The summed E-state index contributed by atoms with van der Waals surface area (Å²) in [5.74, 6) is -0.759. The number of hydrogen-bond donors (Lipinski definition) is 2. The SMILES string of the molecule is CCCCN(C(C)CC)C(C)CC(C)(NCC)C(=O)O. The molecule has 0 rings (SSSR count). The van der Waals surface area contributed by atoms with Crippen LogP contribution in [-0.4, -0.2) is 46.7 Å². The molecule has 120 valence electrons. The molecule has 0 amide bonds. The number of carboxylic acid groups (broad SMARTS) is 1. The summed E-state index contributed by atoms with van der Waals surface area (Å²) in [7, 11) is 0. The van der Waals surface area contributed by atoms with Gasteiger partial charge in [-0.15, -0.1) is 0 Å². The molecule has 0 bridgehead atoms. The van der Waals surface area contributed by atoms with Gasteiger partial charge < -0.3 is 10.4 Å². The second kappa shape index (κ2) is 9.35. The summed E-state index contributed by atoms with van der Waals surface area (Å²) < 4.78 is 0. The number of rotatable bonds is 11. The third kappa shape index (κ3) is 5.80. The van der Waals surface area contributed by atoms with Crippen LogP contribution < -0.4 is 5.32 Å². The zero-order valence-corrected chi connectivity index (χ0v) is 14.2. The molecule has 0 aromatic rings. The molecule has 4 heteroatoms. The molecule has 0 aliphatic carbocycles. The summed E-state index contributed by atoms with van der Waals surface area (Å²) in [6.45, 7) is 14.2. The van der Waals surface area contributed by atoms with E-state index in [0.717, 1.165) is 13.0 Å². The van der Waals surface area contributed by atoms with E-state index >= 15 is 0 Å². The Morgan fingerprint density at radius 1 is 1.25 bits per heavy atom. The number of carboxylic acids is 1. The van der Waals surface area contributed by atoms with Gasteiger partial charge in [0.25, 0.3) is 0 Å². The maximum absolute atomic E-state index is 11.5. The number of nitrogens with one attached hydrogen (secondary N) is 1. The fourth-order valence-electron chi connectivity index (χ4n) is 2.78. The van der Waals surface area contributed by atoms with Crippen molar-refractivity contribution in [1.82, 2.24) is 10.2 Å². The van der Waals surface area contributed by atoms with E-state index in [-0.39, 0.29) is 6.04 Å². The molecule has 0 saturated carbocycles. The predicted molar refractivity (Wildman–Crippen MR) is 85.2 cm³/mol. The molecule has 0 radical (unpaired) electrons. The maximum atomic E-state index is 11.5. The van der Waals surface area contributed by atoms with Crippen LogP contribution in [0.5, 0.6) is 0 Å². The minimum absolute atomic E-state index is 0.261. The lowest BCUT2D eigenvalue weighted by atomic mass is 9.92. The van der Waals surface area contributed by atoms with Crippen molar-refractivity contribution in [2.75, 3.05) is 13.1 Å². The fraction of sp³-hybridized carbons (Fsp3) is 0.938. The first-order valence-corrected chi connectivity index (χ1v) is 8.06.